The number of rotatable bonds is 1. The molecule has 0 fully saturated rings. The van der Waals surface area contributed by atoms with Gasteiger partial charge in [-0.05, 0) is 12.1 Å². The van der Waals surface area contributed by atoms with Gasteiger partial charge in [0.2, 0.25) is 0 Å². The summed E-state index contributed by atoms with van der Waals surface area (Å²) in [6, 6.07) is 3.90. The van der Waals surface area contributed by atoms with Crippen LogP contribution < -0.4 is 0 Å². The van der Waals surface area contributed by atoms with Crippen molar-refractivity contribution in [3.8, 4) is 11.1 Å². The third kappa shape index (κ3) is 2.84. The maximum Gasteiger partial charge on any atom is 0.434 e. The Morgan fingerprint density at radius 1 is 0.850 bits per heavy atom. The second kappa shape index (κ2) is 5.60. The van der Waals surface area contributed by atoms with Crippen molar-refractivity contribution in [3.63, 3.8) is 0 Å². The first kappa shape index (κ1) is 15.7. The molecule has 0 aliphatic rings. The Hall–Kier alpha value is -0.680. The summed E-state index contributed by atoms with van der Waals surface area (Å²) in [6.07, 6.45) is -3.70. The van der Waals surface area contributed by atoms with E-state index in [1.165, 1.54) is 18.2 Å². The van der Waals surface area contributed by atoms with E-state index in [0.29, 0.717) is 0 Å². The molecule has 0 N–H and O–H groups in total. The summed E-state index contributed by atoms with van der Waals surface area (Å²) in [4.78, 5) is 3.34. The minimum Gasteiger partial charge on any atom is -0.251 e. The van der Waals surface area contributed by atoms with Crippen LogP contribution in [0.25, 0.3) is 11.1 Å². The lowest BCUT2D eigenvalue weighted by Gasteiger charge is -2.15. The van der Waals surface area contributed by atoms with Crippen molar-refractivity contribution < 1.29 is 13.2 Å². The van der Waals surface area contributed by atoms with Gasteiger partial charge in [-0.25, -0.2) is 0 Å². The first-order chi connectivity index (χ1) is 9.23. The first-order valence-electron chi connectivity index (χ1n) is 5.09. The fourth-order valence-corrected chi connectivity index (χ4v) is 2.51. The fourth-order valence-electron chi connectivity index (χ4n) is 1.63. The van der Waals surface area contributed by atoms with Gasteiger partial charge in [-0.2, -0.15) is 13.2 Å². The molecule has 1 aromatic heterocycles. The Morgan fingerprint density at radius 2 is 1.50 bits per heavy atom. The van der Waals surface area contributed by atoms with Crippen molar-refractivity contribution in [1.29, 1.82) is 0 Å². The van der Waals surface area contributed by atoms with E-state index in [1.54, 1.807) is 0 Å². The lowest BCUT2D eigenvalue weighted by atomic mass is 10.0. The lowest BCUT2D eigenvalue weighted by molar-refractivity contribution is -0.140. The zero-order valence-corrected chi connectivity index (χ0v) is 12.4. The summed E-state index contributed by atoms with van der Waals surface area (Å²) in [6.45, 7) is 0. The summed E-state index contributed by atoms with van der Waals surface area (Å²) in [5.41, 5.74) is -1.44. The van der Waals surface area contributed by atoms with Gasteiger partial charge in [0, 0.05) is 17.3 Å². The van der Waals surface area contributed by atoms with Gasteiger partial charge in [-0.3, -0.25) is 4.98 Å². The molecular weight excluding hydrogens is 357 g/mol. The molecule has 0 saturated carbocycles. The van der Waals surface area contributed by atoms with Crippen LogP contribution >= 0.6 is 46.4 Å². The predicted octanol–water partition coefficient (Wildman–Crippen LogP) is 6.38. The molecule has 0 unspecified atom stereocenters. The SMILES string of the molecule is FC(F)(F)c1nccc(Cl)c1-c1ccc(Cl)c(Cl)c1Cl. The maximum absolute atomic E-state index is 13.0. The van der Waals surface area contributed by atoms with Gasteiger partial charge in [0.1, 0.15) is 0 Å². The van der Waals surface area contributed by atoms with Gasteiger partial charge >= 0.3 is 6.18 Å². The van der Waals surface area contributed by atoms with Crippen LogP contribution in [0.5, 0.6) is 0 Å². The van der Waals surface area contributed by atoms with Crippen LogP contribution in [0.2, 0.25) is 20.1 Å². The number of nitrogens with zero attached hydrogens (tertiary/aromatic N) is 1. The molecular formula is C12H4Cl4F3N. The standard InChI is InChI=1S/C12H4Cl4F3N/c13-6-3-4-20-11(12(17,18)19)8(6)5-1-2-7(14)10(16)9(5)15/h1-4H. The highest BCUT2D eigenvalue weighted by molar-refractivity contribution is 6.49. The number of aromatic nitrogens is 1. The van der Waals surface area contributed by atoms with Crippen LogP contribution in [-0.2, 0) is 6.18 Å². The van der Waals surface area contributed by atoms with Crippen LogP contribution in [0, 0.1) is 0 Å². The minimum absolute atomic E-state index is 0.0199. The van der Waals surface area contributed by atoms with Crippen molar-refractivity contribution in [2.45, 2.75) is 6.18 Å². The molecule has 0 atom stereocenters. The Bertz CT molecular complexity index is 670. The summed E-state index contributed by atoms with van der Waals surface area (Å²) >= 11 is 23.4. The van der Waals surface area contributed by atoms with Gasteiger partial charge < -0.3 is 0 Å². The molecule has 1 aromatic carbocycles. The number of alkyl halides is 3. The third-order valence-electron chi connectivity index (χ3n) is 2.47. The Morgan fingerprint density at radius 3 is 2.10 bits per heavy atom. The third-order valence-corrected chi connectivity index (χ3v) is 4.08. The quantitative estimate of drug-likeness (QED) is 0.537. The average molecular weight is 361 g/mol. The molecule has 0 saturated heterocycles. The van der Waals surface area contributed by atoms with Crippen LogP contribution in [0.15, 0.2) is 24.4 Å². The van der Waals surface area contributed by atoms with Crippen molar-refractivity contribution >= 4 is 46.4 Å². The molecule has 0 aliphatic carbocycles. The molecule has 0 spiro atoms. The summed E-state index contributed by atoms with van der Waals surface area (Å²) in [5, 5.41) is -0.153. The van der Waals surface area contributed by atoms with Gasteiger partial charge in [-0.1, -0.05) is 52.5 Å². The number of hydrogen-bond acceptors (Lipinski definition) is 1. The van der Waals surface area contributed by atoms with E-state index in [0.717, 1.165) is 6.20 Å². The Balaban J connectivity index is 2.80. The second-order valence-electron chi connectivity index (χ2n) is 3.74. The lowest BCUT2D eigenvalue weighted by Crippen LogP contribution is -2.10. The van der Waals surface area contributed by atoms with Crippen LogP contribution in [0.1, 0.15) is 5.69 Å². The van der Waals surface area contributed by atoms with Crippen LogP contribution in [0.3, 0.4) is 0 Å². The average Bonchev–Trinajstić information content (AvgIpc) is 2.36. The molecule has 8 heteroatoms. The van der Waals surface area contributed by atoms with E-state index in [2.05, 4.69) is 4.98 Å². The van der Waals surface area contributed by atoms with E-state index in [-0.39, 0.29) is 31.2 Å². The molecule has 0 radical (unpaired) electrons. The van der Waals surface area contributed by atoms with E-state index < -0.39 is 11.9 Å². The topological polar surface area (TPSA) is 12.9 Å². The van der Waals surface area contributed by atoms with E-state index >= 15 is 0 Å². The van der Waals surface area contributed by atoms with Crippen molar-refractivity contribution in [1.82, 2.24) is 4.98 Å². The van der Waals surface area contributed by atoms with E-state index in [1.807, 2.05) is 0 Å². The van der Waals surface area contributed by atoms with Gasteiger partial charge in [0.15, 0.2) is 5.69 Å². The fraction of sp³-hybridized carbons (Fsp3) is 0.0833. The summed E-state index contributed by atoms with van der Waals surface area (Å²) in [7, 11) is 0. The largest absolute Gasteiger partial charge is 0.434 e. The predicted molar refractivity (Wildman–Crippen MR) is 74.7 cm³/mol. The minimum atomic E-state index is -4.67. The number of hydrogen-bond donors (Lipinski definition) is 0. The Kier molecular flexibility index (Phi) is 4.40. The molecule has 1 nitrogen and oxygen atoms in total. The van der Waals surface area contributed by atoms with Crippen LogP contribution in [-0.4, -0.2) is 4.98 Å². The molecule has 0 amide bonds. The smallest absolute Gasteiger partial charge is 0.251 e. The second-order valence-corrected chi connectivity index (χ2v) is 5.31. The van der Waals surface area contributed by atoms with Gasteiger partial charge in [0.25, 0.3) is 0 Å². The highest BCUT2D eigenvalue weighted by Gasteiger charge is 2.37. The van der Waals surface area contributed by atoms with Crippen LogP contribution in [0.4, 0.5) is 13.2 Å². The first-order valence-corrected chi connectivity index (χ1v) is 6.60. The highest BCUT2D eigenvalue weighted by atomic mass is 35.5. The van der Waals surface area contributed by atoms with Crippen molar-refractivity contribution in [2.75, 3.05) is 0 Å². The number of pyridine rings is 1. The van der Waals surface area contributed by atoms with E-state index in [4.69, 9.17) is 46.4 Å². The highest BCUT2D eigenvalue weighted by Crippen LogP contribution is 2.44. The van der Waals surface area contributed by atoms with Crippen molar-refractivity contribution in [3.05, 3.63) is 50.2 Å². The molecule has 2 aromatic rings. The monoisotopic (exact) mass is 359 g/mol. The van der Waals surface area contributed by atoms with Crippen molar-refractivity contribution in [2.24, 2.45) is 0 Å². The maximum atomic E-state index is 13.0. The molecule has 0 aliphatic heterocycles. The van der Waals surface area contributed by atoms with E-state index in [9.17, 15) is 13.2 Å². The Labute approximate surface area is 132 Å². The summed E-state index contributed by atoms with van der Waals surface area (Å²) < 4.78 is 39.0. The van der Waals surface area contributed by atoms with Gasteiger partial charge in [0.05, 0.1) is 20.1 Å². The zero-order chi connectivity index (χ0) is 15.1. The van der Waals surface area contributed by atoms with Gasteiger partial charge in [-0.15, -0.1) is 0 Å². The summed E-state index contributed by atoms with van der Waals surface area (Å²) in [5.74, 6) is 0. The molecule has 2 rings (SSSR count). The zero-order valence-electron chi connectivity index (χ0n) is 9.40. The number of benzene rings is 1. The molecule has 1 heterocycles. The molecule has 106 valence electrons. The number of halogens is 7. The normalized spacial score (nSPS) is 11.8. The molecule has 20 heavy (non-hydrogen) atoms. The molecule has 0 bridgehead atoms.